The standard InChI is InChI=1S/C21H29NO7/c1-13-7-8-17(24)20(25)16(23)6-4-5-14-9-15(28-3)10-18(29-12-27-2)19(14)21(26)22-11-13/h4-5,7-10,13,16-17,20,23-25H,6,11-12H2,1-3H3,(H,22,26)/b5-4+,8-7-/t13-,16+,17?,20?/m1/s1. The number of amides is 1. The highest BCUT2D eigenvalue weighted by molar-refractivity contribution is 6.00. The van der Waals surface area contributed by atoms with Gasteiger partial charge in [0.1, 0.15) is 23.7 Å². The molecule has 1 aliphatic heterocycles. The Balaban J connectivity index is 2.48. The van der Waals surface area contributed by atoms with E-state index in [0.717, 1.165) is 0 Å². The van der Waals surface area contributed by atoms with Crippen molar-refractivity contribution in [2.75, 3.05) is 27.6 Å². The molecule has 2 rings (SSSR count). The van der Waals surface area contributed by atoms with E-state index >= 15 is 0 Å². The molecule has 4 N–H and O–H groups in total. The summed E-state index contributed by atoms with van der Waals surface area (Å²) < 4.78 is 15.8. The van der Waals surface area contributed by atoms with Crippen molar-refractivity contribution in [1.29, 1.82) is 0 Å². The highest BCUT2D eigenvalue weighted by atomic mass is 16.7. The smallest absolute Gasteiger partial charge is 0.255 e. The van der Waals surface area contributed by atoms with Crippen molar-refractivity contribution in [3.8, 4) is 11.5 Å². The second kappa shape index (κ2) is 11.0. The molecule has 2 unspecified atom stereocenters. The molecule has 0 saturated carbocycles. The number of carbonyl (C=O) groups is 1. The summed E-state index contributed by atoms with van der Waals surface area (Å²) in [6, 6.07) is 3.28. The van der Waals surface area contributed by atoms with Crippen LogP contribution >= 0.6 is 0 Å². The van der Waals surface area contributed by atoms with Gasteiger partial charge in [0.15, 0.2) is 6.79 Å². The Morgan fingerprint density at radius 1 is 1.17 bits per heavy atom. The summed E-state index contributed by atoms with van der Waals surface area (Å²) in [5.74, 6) is 0.341. The molecule has 1 heterocycles. The normalized spacial score (nSPS) is 27.9. The number of benzene rings is 1. The fourth-order valence-corrected chi connectivity index (χ4v) is 2.87. The van der Waals surface area contributed by atoms with Gasteiger partial charge in [0.25, 0.3) is 5.91 Å². The van der Waals surface area contributed by atoms with Gasteiger partial charge in [-0.05, 0) is 24.0 Å². The number of carbonyl (C=O) groups excluding carboxylic acids is 1. The quantitative estimate of drug-likeness (QED) is 0.436. The van der Waals surface area contributed by atoms with Gasteiger partial charge in [0.05, 0.1) is 18.8 Å². The van der Waals surface area contributed by atoms with Crippen molar-refractivity contribution in [3.05, 3.63) is 41.5 Å². The number of aliphatic hydroxyl groups excluding tert-OH is 3. The summed E-state index contributed by atoms with van der Waals surface area (Å²) in [7, 11) is 2.98. The molecule has 8 nitrogen and oxygen atoms in total. The number of aliphatic hydroxyl groups is 3. The molecule has 4 atom stereocenters. The zero-order valence-corrected chi connectivity index (χ0v) is 16.9. The molecule has 0 radical (unpaired) electrons. The fourth-order valence-electron chi connectivity index (χ4n) is 2.87. The first-order chi connectivity index (χ1) is 13.9. The predicted molar refractivity (Wildman–Crippen MR) is 108 cm³/mol. The Labute approximate surface area is 170 Å². The molecule has 0 spiro atoms. The minimum Gasteiger partial charge on any atom is -0.497 e. The first-order valence-corrected chi connectivity index (χ1v) is 9.38. The van der Waals surface area contributed by atoms with E-state index in [-0.39, 0.29) is 25.0 Å². The molecule has 0 aliphatic carbocycles. The van der Waals surface area contributed by atoms with Gasteiger partial charge in [-0.1, -0.05) is 31.2 Å². The predicted octanol–water partition coefficient (Wildman–Crippen LogP) is 1.10. The molecule has 0 bridgehead atoms. The lowest BCUT2D eigenvalue weighted by Crippen LogP contribution is -2.36. The summed E-state index contributed by atoms with van der Waals surface area (Å²) in [5, 5.41) is 33.1. The minimum atomic E-state index is -1.33. The monoisotopic (exact) mass is 407 g/mol. The van der Waals surface area contributed by atoms with Crippen molar-refractivity contribution in [3.63, 3.8) is 0 Å². The second-order valence-electron chi connectivity index (χ2n) is 6.90. The van der Waals surface area contributed by atoms with E-state index in [1.807, 2.05) is 6.92 Å². The van der Waals surface area contributed by atoms with Crippen LogP contribution in [0.25, 0.3) is 6.08 Å². The lowest BCUT2D eigenvalue weighted by molar-refractivity contribution is -0.0394. The first kappa shape index (κ1) is 22.9. The van der Waals surface area contributed by atoms with Gasteiger partial charge in [0, 0.05) is 19.7 Å². The van der Waals surface area contributed by atoms with Crippen molar-refractivity contribution in [1.82, 2.24) is 5.32 Å². The number of hydrogen-bond acceptors (Lipinski definition) is 7. The van der Waals surface area contributed by atoms with Crippen LogP contribution in [0, 0.1) is 5.92 Å². The summed E-state index contributed by atoms with van der Waals surface area (Å²) in [4.78, 5) is 12.9. The molecule has 8 heteroatoms. The summed E-state index contributed by atoms with van der Waals surface area (Å²) in [6.45, 7) is 2.12. The Morgan fingerprint density at radius 2 is 1.93 bits per heavy atom. The summed E-state index contributed by atoms with van der Waals surface area (Å²) in [6.07, 6.45) is 2.73. The Morgan fingerprint density at radius 3 is 2.62 bits per heavy atom. The number of nitrogens with one attached hydrogen (secondary N) is 1. The van der Waals surface area contributed by atoms with Crippen LogP contribution in [-0.4, -0.2) is 67.1 Å². The molecule has 1 aliphatic rings. The van der Waals surface area contributed by atoms with Crippen LogP contribution in [0.15, 0.2) is 30.4 Å². The maximum atomic E-state index is 12.9. The van der Waals surface area contributed by atoms with Crippen LogP contribution in [0.4, 0.5) is 0 Å². The van der Waals surface area contributed by atoms with Crippen molar-refractivity contribution in [2.24, 2.45) is 5.92 Å². The third-order valence-electron chi connectivity index (χ3n) is 4.54. The van der Waals surface area contributed by atoms with Gasteiger partial charge in [-0.3, -0.25) is 4.79 Å². The average Bonchev–Trinajstić information content (AvgIpc) is 2.72. The third-order valence-corrected chi connectivity index (χ3v) is 4.54. The molecule has 1 aromatic carbocycles. The van der Waals surface area contributed by atoms with E-state index in [4.69, 9.17) is 14.2 Å². The van der Waals surface area contributed by atoms with Crippen LogP contribution in [0.1, 0.15) is 29.3 Å². The van der Waals surface area contributed by atoms with Gasteiger partial charge in [-0.2, -0.15) is 0 Å². The molecule has 0 aromatic heterocycles. The van der Waals surface area contributed by atoms with Crippen LogP contribution in [0.5, 0.6) is 11.5 Å². The zero-order chi connectivity index (χ0) is 21.4. The highest BCUT2D eigenvalue weighted by Crippen LogP contribution is 2.30. The second-order valence-corrected chi connectivity index (χ2v) is 6.90. The van der Waals surface area contributed by atoms with Crippen molar-refractivity contribution >= 4 is 12.0 Å². The minimum absolute atomic E-state index is 0.0431. The first-order valence-electron chi connectivity index (χ1n) is 9.38. The number of fused-ring (bicyclic) bond motifs is 1. The Hall–Kier alpha value is -2.39. The highest BCUT2D eigenvalue weighted by Gasteiger charge is 2.23. The van der Waals surface area contributed by atoms with E-state index in [2.05, 4.69) is 5.32 Å². The average molecular weight is 407 g/mol. The third kappa shape index (κ3) is 6.30. The lowest BCUT2D eigenvalue weighted by atomic mass is 9.99. The van der Waals surface area contributed by atoms with Gasteiger partial charge in [-0.15, -0.1) is 0 Å². The van der Waals surface area contributed by atoms with Crippen molar-refractivity contribution in [2.45, 2.75) is 31.7 Å². The van der Waals surface area contributed by atoms with Gasteiger partial charge < -0.3 is 34.8 Å². The molecular weight excluding hydrogens is 378 g/mol. The van der Waals surface area contributed by atoms with Gasteiger partial charge >= 0.3 is 0 Å². The molecule has 29 heavy (non-hydrogen) atoms. The SMILES string of the molecule is COCOc1cc(OC)cc2c1C(=O)NC[C@H](C)/C=C\C(O)C(O)[C@@H](O)C/C=C/2. The summed E-state index contributed by atoms with van der Waals surface area (Å²) >= 11 is 0. The summed E-state index contributed by atoms with van der Waals surface area (Å²) in [5.41, 5.74) is 0.831. The Bertz CT molecular complexity index is 747. The van der Waals surface area contributed by atoms with Gasteiger partial charge in [0.2, 0.25) is 0 Å². The largest absolute Gasteiger partial charge is 0.497 e. The maximum Gasteiger partial charge on any atom is 0.255 e. The van der Waals surface area contributed by atoms with Crippen LogP contribution in [-0.2, 0) is 4.74 Å². The van der Waals surface area contributed by atoms with Crippen LogP contribution in [0.3, 0.4) is 0 Å². The molecule has 0 fully saturated rings. The maximum absolute atomic E-state index is 12.9. The van der Waals surface area contributed by atoms with E-state index in [1.54, 1.807) is 30.4 Å². The van der Waals surface area contributed by atoms with Gasteiger partial charge in [-0.25, -0.2) is 0 Å². The topological polar surface area (TPSA) is 117 Å². The number of ether oxygens (including phenoxy) is 3. The number of rotatable bonds is 4. The molecule has 1 aromatic rings. The van der Waals surface area contributed by atoms with Crippen LogP contribution < -0.4 is 14.8 Å². The van der Waals surface area contributed by atoms with E-state index in [9.17, 15) is 20.1 Å². The zero-order valence-electron chi connectivity index (χ0n) is 16.9. The molecular formula is C21H29NO7. The van der Waals surface area contributed by atoms with E-state index in [1.165, 1.54) is 20.3 Å². The van der Waals surface area contributed by atoms with Crippen LogP contribution in [0.2, 0.25) is 0 Å². The fraction of sp³-hybridized carbons (Fsp3) is 0.476. The molecule has 0 saturated heterocycles. The number of methoxy groups -OCH3 is 2. The van der Waals surface area contributed by atoms with Crippen molar-refractivity contribution < 1.29 is 34.3 Å². The molecule has 160 valence electrons. The molecule has 1 amide bonds. The lowest BCUT2D eigenvalue weighted by Gasteiger charge is -2.21. The Kier molecular flexibility index (Phi) is 8.66. The van der Waals surface area contributed by atoms with E-state index in [0.29, 0.717) is 29.2 Å². The number of hydrogen-bond donors (Lipinski definition) is 4. The van der Waals surface area contributed by atoms with E-state index < -0.39 is 18.3 Å².